The molecular weight excluding hydrogens is 390 g/mol. The minimum atomic E-state index is -0.0858. The zero-order valence-corrected chi connectivity index (χ0v) is 17.1. The van der Waals surface area contributed by atoms with Gasteiger partial charge in [0, 0.05) is 43.7 Å². The number of carbonyl (C=O) groups excluding carboxylic acids is 1. The van der Waals surface area contributed by atoms with Crippen LogP contribution in [-0.2, 0) is 11.3 Å². The number of nitrogens with one attached hydrogen (secondary N) is 1. The number of anilines is 1. The second-order valence-electron chi connectivity index (χ2n) is 7.70. The molecule has 0 bridgehead atoms. The molecule has 5 rings (SSSR count). The molecule has 1 saturated heterocycles. The molecule has 1 N–H and O–H groups in total. The third-order valence-corrected chi connectivity index (χ3v) is 5.61. The highest BCUT2D eigenvalue weighted by molar-refractivity contribution is 5.79. The highest BCUT2D eigenvalue weighted by Crippen LogP contribution is 2.27. The molecule has 3 aromatic heterocycles. The number of piperidine rings is 1. The summed E-state index contributed by atoms with van der Waals surface area (Å²) >= 11 is 0. The minimum Gasteiger partial charge on any atom is -0.356 e. The second kappa shape index (κ2) is 8.51. The summed E-state index contributed by atoms with van der Waals surface area (Å²) in [6.07, 6.45) is 6.82. The molecule has 8 heteroatoms. The molecule has 0 radical (unpaired) electrons. The van der Waals surface area contributed by atoms with Gasteiger partial charge in [-0.05, 0) is 24.5 Å². The average molecular weight is 413 g/mol. The molecule has 1 aliphatic rings. The second-order valence-corrected chi connectivity index (χ2v) is 7.70. The number of carbonyl (C=O) groups is 1. The van der Waals surface area contributed by atoms with Gasteiger partial charge in [0.15, 0.2) is 0 Å². The maximum absolute atomic E-state index is 12.8. The number of benzene rings is 1. The molecule has 0 spiro atoms. The van der Waals surface area contributed by atoms with Crippen molar-refractivity contribution in [3.63, 3.8) is 0 Å². The Kier molecular flexibility index (Phi) is 5.26. The molecule has 1 fully saturated rings. The number of hydrogen-bond donors (Lipinski definition) is 1. The fraction of sp³-hybridized carbons (Fsp3) is 0.261. The van der Waals surface area contributed by atoms with Gasteiger partial charge in [-0.3, -0.25) is 9.78 Å². The van der Waals surface area contributed by atoms with Crippen molar-refractivity contribution < 1.29 is 4.79 Å². The van der Waals surface area contributed by atoms with Crippen molar-refractivity contribution in [3.05, 3.63) is 72.8 Å². The van der Waals surface area contributed by atoms with Crippen LogP contribution in [0.15, 0.2) is 67.3 Å². The van der Waals surface area contributed by atoms with Crippen molar-refractivity contribution in [2.45, 2.75) is 19.4 Å². The zero-order valence-electron chi connectivity index (χ0n) is 17.1. The number of fused-ring (bicyclic) bond motifs is 1. The fourth-order valence-corrected chi connectivity index (χ4v) is 4.01. The summed E-state index contributed by atoms with van der Waals surface area (Å²) in [6.45, 7) is 1.98. The van der Waals surface area contributed by atoms with Gasteiger partial charge in [-0.2, -0.15) is 14.6 Å². The molecule has 0 aliphatic carbocycles. The van der Waals surface area contributed by atoms with Crippen LogP contribution in [0.1, 0.15) is 18.4 Å². The van der Waals surface area contributed by atoms with Crippen LogP contribution in [0.3, 0.4) is 0 Å². The highest BCUT2D eigenvalue weighted by atomic mass is 16.1. The van der Waals surface area contributed by atoms with Gasteiger partial charge in [-0.25, -0.2) is 4.98 Å². The molecule has 1 amide bonds. The van der Waals surface area contributed by atoms with Crippen LogP contribution in [-0.4, -0.2) is 43.6 Å². The normalized spacial score (nSPS) is 16.4. The third kappa shape index (κ3) is 4.09. The van der Waals surface area contributed by atoms with Crippen LogP contribution in [0.25, 0.3) is 17.0 Å². The Labute approximate surface area is 180 Å². The molecule has 31 heavy (non-hydrogen) atoms. The monoisotopic (exact) mass is 413 g/mol. The lowest BCUT2D eigenvalue weighted by atomic mass is 9.97. The summed E-state index contributed by atoms with van der Waals surface area (Å²) in [5.41, 5.74) is 2.87. The van der Waals surface area contributed by atoms with Gasteiger partial charge in [0.2, 0.25) is 5.91 Å². The lowest BCUT2D eigenvalue weighted by Crippen LogP contribution is -2.43. The first kappa shape index (κ1) is 19.2. The van der Waals surface area contributed by atoms with Crippen molar-refractivity contribution in [1.82, 2.24) is 29.9 Å². The van der Waals surface area contributed by atoms with E-state index in [4.69, 9.17) is 0 Å². The van der Waals surface area contributed by atoms with Crippen molar-refractivity contribution in [1.29, 1.82) is 0 Å². The van der Waals surface area contributed by atoms with Gasteiger partial charge in [-0.1, -0.05) is 36.4 Å². The van der Waals surface area contributed by atoms with Crippen LogP contribution in [0, 0.1) is 5.92 Å². The summed E-state index contributed by atoms with van der Waals surface area (Å²) in [6, 6.07) is 15.9. The standard InChI is InChI=1S/C23H23N7O/c31-22(25-14-17-6-4-10-24-13-17)19-9-5-11-29(15-19)21-12-20(18-7-2-1-3-8-18)28-23-26-16-27-30(21)23/h1-4,6-8,10,12-13,16,19H,5,9,11,14-15H2,(H,25,31). The largest absolute Gasteiger partial charge is 0.356 e. The van der Waals surface area contributed by atoms with Crippen LogP contribution in [0.4, 0.5) is 5.82 Å². The predicted molar refractivity (Wildman–Crippen MR) is 117 cm³/mol. The molecule has 1 aromatic carbocycles. The number of hydrogen-bond acceptors (Lipinski definition) is 6. The van der Waals surface area contributed by atoms with Crippen LogP contribution >= 0.6 is 0 Å². The molecule has 1 atom stereocenters. The van der Waals surface area contributed by atoms with E-state index in [-0.39, 0.29) is 11.8 Å². The van der Waals surface area contributed by atoms with E-state index in [2.05, 4.69) is 30.3 Å². The number of aromatic nitrogens is 5. The number of pyridine rings is 1. The SMILES string of the molecule is O=C(NCc1cccnc1)C1CCCN(c2cc(-c3ccccc3)nc3ncnn23)C1. The van der Waals surface area contributed by atoms with E-state index in [1.54, 1.807) is 16.9 Å². The summed E-state index contributed by atoms with van der Waals surface area (Å²) in [5.74, 6) is 1.45. The Hall–Kier alpha value is -3.81. The van der Waals surface area contributed by atoms with E-state index in [1.165, 1.54) is 6.33 Å². The lowest BCUT2D eigenvalue weighted by molar-refractivity contribution is -0.125. The van der Waals surface area contributed by atoms with Crippen LogP contribution < -0.4 is 10.2 Å². The fourth-order valence-electron chi connectivity index (χ4n) is 4.01. The van der Waals surface area contributed by atoms with E-state index >= 15 is 0 Å². The Morgan fingerprint density at radius 2 is 2.06 bits per heavy atom. The number of rotatable bonds is 5. The Balaban J connectivity index is 1.37. The molecular formula is C23H23N7O. The first-order valence-electron chi connectivity index (χ1n) is 10.5. The molecule has 1 unspecified atom stereocenters. The van der Waals surface area contributed by atoms with Gasteiger partial charge < -0.3 is 10.2 Å². The first-order chi connectivity index (χ1) is 15.3. The van der Waals surface area contributed by atoms with Crippen molar-refractivity contribution >= 4 is 17.5 Å². The molecule has 156 valence electrons. The van der Waals surface area contributed by atoms with E-state index < -0.39 is 0 Å². The zero-order chi connectivity index (χ0) is 21.0. The van der Waals surface area contributed by atoms with Gasteiger partial charge >= 0.3 is 0 Å². The topological polar surface area (TPSA) is 88.3 Å². The van der Waals surface area contributed by atoms with Gasteiger partial charge in [-0.15, -0.1) is 0 Å². The van der Waals surface area contributed by atoms with Gasteiger partial charge in [0.1, 0.15) is 12.1 Å². The quantitative estimate of drug-likeness (QED) is 0.541. The maximum atomic E-state index is 12.8. The van der Waals surface area contributed by atoms with Crippen LogP contribution in [0.2, 0.25) is 0 Å². The molecule has 4 aromatic rings. The summed E-state index contributed by atoms with van der Waals surface area (Å²) in [7, 11) is 0. The van der Waals surface area contributed by atoms with E-state index in [9.17, 15) is 4.79 Å². The highest BCUT2D eigenvalue weighted by Gasteiger charge is 2.27. The summed E-state index contributed by atoms with van der Waals surface area (Å²) in [4.78, 5) is 28.1. The first-order valence-corrected chi connectivity index (χ1v) is 10.5. The lowest BCUT2D eigenvalue weighted by Gasteiger charge is -2.33. The van der Waals surface area contributed by atoms with E-state index in [1.807, 2.05) is 48.5 Å². The van der Waals surface area contributed by atoms with E-state index in [0.717, 1.165) is 42.0 Å². The third-order valence-electron chi connectivity index (χ3n) is 5.61. The number of amides is 1. The molecule has 4 heterocycles. The minimum absolute atomic E-state index is 0.0701. The van der Waals surface area contributed by atoms with Gasteiger partial charge in [0.05, 0.1) is 11.6 Å². The molecule has 8 nitrogen and oxygen atoms in total. The summed E-state index contributed by atoms with van der Waals surface area (Å²) in [5, 5.41) is 7.43. The molecule has 0 saturated carbocycles. The maximum Gasteiger partial charge on any atom is 0.254 e. The van der Waals surface area contributed by atoms with Crippen molar-refractivity contribution in [2.24, 2.45) is 5.92 Å². The number of nitrogens with zero attached hydrogens (tertiary/aromatic N) is 6. The van der Waals surface area contributed by atoms with E-state index in [0.29, 0.717) is 18.9 Å². The predicted octanol–water partition coefficient (Wildman–Crippen LogP) is 2.72. The van der Waals surface area contributed by atoms with Crippen molar-refractivity contribution in [2.75, 3.05) is 18.0 Å². The molecule has 1 aliphatic heterocycles. The smallest absolute Gasteiger partial charge is 0.254 e. The van der Waals surface area contributed by atoms with Crippen molar-refractivity contribution in [3.8, 4) is 11.3 Å². The summed E-state index contributed by atoms with van der Waals surface area (Å²) < 4.78 is 1.75. The van der Waals surface area contributed by atoms with Gasteiger partial charge in [0.25, 0.3) is 5.78 Å². The average Bonchev–Trinajstić information content (AvgIpc) is 3.32. The Morgan fingerprint density at radius 1 is 1.16 bits per heavy atom. The Bertz CT molecular complexity index is 1180. The Morgan fingerprint density at radius 3 is 2.90 bits per heavy atom. The van der Waals surface area contributed by atoms with Crippen LogP contribution in [0.5, 0.6) is 0 Å².